The Bertz CT molecular complexity index is 211. The zero-order valence-electron chi connectivity index (χ0n) is 5.96. The summed E-state index contributed by atoms with van der Waals surface area (Å²) in [5.74, 6) is 0. The number of nitrogens with zero attached hydrogens (tertiary/aromatic N) is 1. The first-order valence-electron chi connectivity index (χ1n) is 3.72. The molecule has 0 aromatic carbocycles. The van der Waals surface area contributed by atoms with Gasteiger partial charge in [0, 0.05) is 25.2 Å². The number of rotatable bonds is 0. The van der Waals surface area contributed by atoms with E-state index in [0.29, 0.717) is 0 Å². The van der Waals surface area contributed by atoms with E-state index in [2.05, 4.69) is 35.3 Å². The minimum Gasteiger partial charge on any atom is -0.367 e. The SMILES string of the molecule is C1=CCN2CC=CCC2=C1. The molecule has 0 spiro atoms. The molecule has 0 aliphatic carbocycles. The van der Waals surface area contributed by atoms with Gasteiger partial charge in [0.15, 0.2) is 0 Å². The van der Waals surface area contributed by atoms with E-state index in [9.17, 15) is 0 Å². The smallest absolute Gasteiger partial charge is 0.0363 e. The highest BCUT2D eigenvalue weighted by atomic mass is 15.1. The van der Waals surface area contributed by atoms with Crippen LogP contribution in [0, 0.1) is 0 Å². The Kier molecular flexibility index (Phi) is 1.35. The maximum absolute atomic E-state index is 2.39. The molecule has 0 atom stereocenters. The van der Waals surface area contributed by atoms with Crippen LogP contribution in [0.15, 0.2) is 36.1 Å². The van der Waals surface area contributed by atoms with Gasteiger partial charge in [-0.2, -0.15) is 0 Å². The summed E-state index contributed by atoms with van der Waals surface area (Å²) in [4.78, 5) is 2.39. The van der Waals surface area contributed by atoms with Crippen LogP contribution in [0.1, 0.15) is 6.42 Å². The topological polar surface area (TPSA) is 3.24 Å². The molecule has 0 N–H and O–H groups in total. The molecule has 2 aliphatic rings. The molecule has 2 heterocycles. The van der Waals surface area contributed by atoms with E-state index in [1.165, 1.54) is 5.70 Å². The molecule has 0 amide bonds. The first-order chi connectivity index (χ1) is 4.97. The van der Waals surface area contributed by atoms with Crippen molar-refractivity contribution in [3.05, 3.63) is 36.1 Å². The molecule has 10 heavy (non-hydrogen) atoms. The fourth-order valence-corrected chi connectivity index (χ4v) is 1.38. The lowest BCUT2D eigenvalue weighted by atomic mass is 10.1. The highest BCUT2D eigenvalue weighted by Gasteiger charge is 2.09. The van der Waals surface area contributed by atoms with Crippen molar-refractivity contribution < 1.29 is 0 Å². The molecular weight excluding hydrogens is 122 g/mol. The van der Waals surface area contributed by atoms with Crippen molar-refractivity contribution in [1.29, 1.82) is 0 Å². The monoisotopic (exact) mass is 133 g/mol. The Balaban J connectivity index is 2.23. The van der Waals surface area contributed by atoms with E-state index >= 15 is 0 Å². The van der Waals surface area contributed by atoms with Gasteiger partial charge in [0.25, 0.3) is 0 Å². The molecule has 0 saturated heterocycles. The van der Waals surface area contributed by atoms with Crippen molar-refractivity contribution in [3.63, 3.8) is 0 Å². The van der Waals surface area contributed by atoms with Crippen molar-refractivity contribution in [2.24, 2.45) is 0 Å². The second-order valence-corrected chi connectivity index (χ2v) is 2.67. The van der Waals surface area contributed by atoms with Gasteiger partial charge in [-0.15, -0.1) is 0 Å². The standard InChI is InChI=1S/C9H11N/c1-3-7-10-8-4-2-6-9(10)5-1/h1-5H,6-8H2. The van der Waals surface area contributed by atoms with E-state index in [4.69, 9.17) is 0 Å². The summed E-state index contributed by atoms with van der Waals surface area (Å²) >= 11 is 0. The lowest BCUT2D eigenvalue weighted by Crippen LogP contribution is -2.26. The summed E-state index contributed by atoms with van der Waals surface area (Å²) in [7, 11) is 0. The van der Waals surface area contributed by atoms with Gasteiger partial charge in [-0.1, -0.05) is 24.3 Å². The first-order valence-corrected chi connectivity index (χ1v) is 3.72. The summed E-state index contributed by atoms with van der Waals surface area (Å²) in [6.45, 7) is 2.19. The van der Waals surface area contributed by atoms with Gasteiger partial charge in [0.2, 0.25) is 0 Å². The third-order valence-electron chi connectivity index (χ3n) is 1.98. The molecule has 0 radical (unpaired) electrons. The van der Waals surface area contributed by atoms with Gasteiger partial charge in [-0.05, 0) is 6.08 Å². The van der Waals surface area contributed by atoms with Crippen LogP contribution in [0.2, 0.25) is 0 Å². The minimum atomic E-state index is 1.09. The third kappa shape index (κ3) is 0.878. The van der Waals surface area contributed by atoms with Gasteiger partial charge in [0.05, 0.1) is 0 Å². The van der Waals surface area contributed by atoms with Crippen molar-refractivity contribution in [2.45, 2.75) is 6.42 Å². The molecule has 2 aliphatic heterocycles. The molecule has 0 fully saturated rings. The molecular formula is C9H11N. The van der Waals surface area contributed by atoms with Gasteiger partial charge < -0.3 is 4.90 Å². The van der Waals surface area contributed by atoms with E-state index in [0.717, 1.165) is 19.5 Å². The van der Waals surface area contributed by atoms with Crippen molar-refractivity contribution in [1.82, 2.24) is 4.90 Å². The van der Waals surface area contributed by atoms with Crippen LogP contribution in [0.3, 0.4) is 0 Å². The lowest BCUT2D eigenvalue weighted by Gasteiger charge is -2.29. The maximum atomic E-state index is 2.39. The van der Waals surface area contributed by atoms with Crippen molar-refractivity contribution >= 4 is 0 Å². The predicted octanol–water partition coefficient (Wildman–Crippen LogP) is 1.70. The Hall–Kier alpha value is -0.980. The summed E-state index contributed by atoms with van der Waals surface area (Å²) < 4.78 is 0. The fourth-order valence-electron chi connectivity index (χ4n) is 1.38. The molecule has 1 heteroatoms. The normalized spacial score (nSPS) is 22.4. The van der Waals surface area contributed by atoms with Crippen molar-refractivity contribution in [2.75, 3.05) is 13.1 Å². The van der Waals surface area contributed by atoms with Crippen LogP contribution in [-0.2, 0) is 0 Å². The van der Waals surface area contributed by atoms with E-state index in [-0.39, 0.29) is 0 Å². The quantitative estimate of drug-likeness (QED) is 0.455. The van der Waals surface area contributed by atoms with E-state index in [1.54, 1.807) is 0 Å². The molecule has 0 bridgehead atoms. The Morgan fingerprint density at radius 3 is 2.90 bits per heavy atom. The lowest BCUT2D eigenvalue weighted by molar-refractivity contribution is 0.398. The Labute approximate surface area is 61.3 Å². The Morgan fingerprint density at radius 1 is 1.10 bits per heavy atom. The van der Waals surface area contributed by atoms with Gasteiger partial charge in [0.1, 0.15) is 0 Å². The summed E-state index contributed by atoms with van der Waals surface area (Å²) in [5.41, 5.74) is 1.46. The minimum absolute atomic E-state index is 1.09. The van der Waals surface area contributed by atoms with Crippen LogP contribution in [0.25, 0.3) is 0 Å². The van der Waals surface area contributed by atoms with Crippen LogP contribution in [-0.4, -0.2) is 18.0 Å². The van der Waals surface area contributed by atoms with Gasteiger partial charge in [-0.25, -0.2) is 0 Å². The predicted molar refractivity (Wildman–Crippen MR) is 42.6 cm³/mol. The fraction of sp³-hybridized carbons (Fsp3) is 0.333. The number of hydrogen-bond donors (Lipinski definition) is 0. The highest BCUT2D eigenvalue weighted by Crippen LogP contribution is 2.17. The van der Waals surface area contributed by atoms with E-state index < -0.39 is 0 Å². The maximum Gasteiger partial charge on any atom is 0.0363 e. The summed E-state index contributed by atoms with van der Waals surface area (Å²) in [6.07, 6.45) is 12.1. The second-order valence-electron chi connectivity index (χ2n) is 2.67. The van der Waals surface area contributed by atoms with Crippen LogP contribution >= 0.6 is 0 Å². The zero-order valence-corrected chi connectivity index (χ0v) is 5.96. The second kappa shape index (κ2) is 2.33. The number of fused-ring (bicyclic) bond motifs is 1. The van der Waals surface area contributed by atoms with E-state index in [1.807, 2.05) is 0 Å². The molecule has 0 unspecified atom stereocenters. The highest BCUT2D eigenvalue weighted by molar-refractivity contribution is 5.22. The van der Waals surface area contributed by atoms with Crippen molar-refractivity contribution in [3.8, 4) is 0 Å². The molecule has 0 aromatic rings. The molecule has 0 saturated carbocycles. The summed E-state index contributed by atoms with van der Waals surface area (Å²) in [5, 5.41) is 0. The molecule has 52 valence electrons. The molecule has 2 rings (SSSR count). The number of hydrogen-bond acceptors (Lipinski definition) is 1. The van der Waals surface area contributed by atoms with Crippen LogP contribution < -0.4 is 0 Å². The zero-order chi connectivity index (χ0) is 6.81. The molecule has 0 aromatic heterocycles. The average molecular weight is 133 g/mol. The third-order valence-corrected chi connectivity index (χ3v) is 1.98. The molecule has 1 nitrogen and oxygen atoms in total. The summed E-state index contributed by atoms with van der Waals surface area (Å²) in [6, 6.07) is 0. The van der Waals surface area contributed by atoms with Gasteiger partial charge in [-0.3, -0.25) is 0 Å². The average Bonchev–Trinajstić information content (AvgIpc) is 2.05. The largest absolute Gasteiger partial charge is 0.367 e. The van der Waals surface area contributed by atoms with Gasteiger partial charge >= 0.3 is 0 Å². The Morgan fingerprint density at radius 2 is 2.00 bits per heavy atom. The van der Waals surface area contributed by atoms with Crippen LogP contribution in [0.4, 0.5) is 0 Å². The first kappa shape index (κ1) is 5.78. The van der Waals surface area contributed by atoms with Crippen LogP contribution in [0.5, 0.6) is 0 Å². The number of allylic oxidation sites excluding steroid dienone is 3.